The molecule has 2 aromatic rings. The van der Waals surface area contributed by atoms with Crippen molar-refractivity contribution in [3.05, 3.63) is 59.1 Å². The molecular weight excluding hydrogens is 422 g/mol. The summed E-state index contributed by atoms with van der Waals surface area (Å²) in [6, 6.07) is 14.1. The third kappa shape index (κ3) is 4.39. The average molecular weight is 448 g/mol. The van der Waals surface area contributed by atoms with Crippen LogP contribution in [-0.2, 0) is 14.8 Å². The Labute approximate surface area is 182 Å². The molecule has 1 aliphatic heterocycles. The third-order valence-electron chi connectivity index (χ3n) is 5.95. The minimum Gasteiger partial charge on any atom is -0.326 e. The average Bonchev–Trinajstić information content (AvgIpc) is 3.55. The first kappa shape index (κ1) is 21.3. The lowest BCUT2D eigenvalue weighted by atomic mass is 10.1. The maximum atomic E-state index is 13.0. The van der Waals surface area contributed by atoms with Crippen molar-refractivity contribution >= 4 is 33.2 Å². The van der Waals surface area contributed by atoms with Gasteiger partial charge in [-0.15, -0.1) is 0 Å². The normalized spacial score (nSPS) is 22.6. The predicted octanol–water partition coefficient (Wildman–Crippen LogP) is 3.41. The van der Waals surface area contributed by atoms with E-state index in [0.29, 0.717) is 23.8 Å². The molecule has 1 saturated heterocycles. The van der Waals surface area contributed by atoms with E-state index in [4.69, 9.17) is 11.6 Å². The molecule has 0 radical (unpaired) electrons. The Morgan fingerprint density at radius 2 is 1.83 bits per heavy atom. The number of carbonyl (C=O) groups is 1. The van der Waals surface area contributed by atoms with Crippen LogP contribution in [0.15, 0.2) is 53.4 Å². The molecule has 2 fully saturated rings. The number of carbonyl (C=O) groups excluding carboxylic acids is 1. The van der Waals surface area contributed by atoms with Crippen LogP contribution in [0.2, 0.25) is 5.02 Å². The van der Waals surface area contributed by atoms with Crippen LogP contribution in [-0.4, -0.2) is 56.3 Å². The zero-order valence-corrected chi connectivity index (χ0v) is 18.5. The van der Waals surface area contributed by atoms with Crippen LogP contribution in [0.4, 0.5) is 5.69 Å². The van der Waals surface area contributed by atoms with Gasteiger partial charge in [-0.3, -0.25) is 4.79 Å². The van der Waals surface area contributed by atoms with Gasteiger partial charge in [0.05, 0.1) is 4.90 Å². The second-order valence-electron chi connectivity index (χ2n) is 7.83. The Hall–Kier alpha value is -1.93. The molecule has 0 aromatic heterocycles. The standard InChI is InChI=1S/C22H26ClN3O3S/c1-2-25-10-12-26(13-11-25)30(28,29)17-7-5-6-16(14-17)24-22(27)20-15-19(20)18-8-3-4-9-21(18)23/h3-9,14,19-20H,2,10-13,15H2,1H3,(H,24,27). The highest BCUT2D eigenvalue weighted by atomic mass is 35.5. The van der Waals surface area contributed by atoms with Crippen LogP contribution in [0.5, 0.6) is 0 Å². The first-order valence-electron chi connectivity index (χ1n) is 10.3. The van der Waals surface area contributed by atoms with E-state index in [9.17, 15) is 13.2 Å². The molecule has 2 unspecified atom stereocenters. The van der Waals surface area contributed by atoms with Gasteiger partial charge in [0, 0.05) is 42.8 Å². The molecule has 1 aliphatic carbocycles. The number of benzene rings is 2. The molecule has 2 aliphatic rings. The molecule has 1 saturated carbocycles. The van der Waals surface area contributed by atoms with Crippen LogP contribution >= 0.6 is 11.6 Å². The summed E-state index contributed by atoms with van der Waals surface area (Å²) in [5, 5.41) is 3.56. The molecule has 1 N–H and O–H groups in total. The molecule has 1 heterocycles. The van der Waals surface area contributed by atoms with Crippen LogP contribution in [0, 0.1) is 5.92 Å². The number of anilines is 1. The smallest absolute Gasteiger partial charge is 0.243 e. The first-order chi connectivity index (χ1) is 14.4. The summed E-state index contributed by atoms with van der Waals surface area (Å²) < 4.78 is 27.6. The number of piperazine rings is 1. The third-order valence-corrected chi connectivity index (χ3v) is 8.19. The van der Waals surface area contributed by atoms with E-state index in [1.807, 2.05) is 24.3 Å². The number of amides is 1. The van der Waals surface area contributed by atoms with Crippen LogP contribution in [0.1, 0.15) is 24.8 Å². The van der Waals surface area contributed by atoms with Crippen molar-refractivity contribution in [3.8, 4) is 0 Å². The zero-order valence-electron chi connectivity index (χ0n) is 16.9. The Morgan fingerprint density at radius 1 is 1.10 bits per heavy atom. The second-order valence-corrected chi connectivity index (χ2v) is 10.2. The van der Waals surface area contributed by atoms with E-state index < -0.39 is 10.0 Å². The minimum atomic E-state index is -3.58. The predicted molar refractivity (Wildman–Crippen MR) is 118 cm³/mol. The van der Waals surface area contributed by atoms with Gasteiger partial charge < -0.3 is 10.2 Å². The maximum Gasteiger partial charge on any atom is 0.243 e. The van der Waals surface area contributed by atoms with Gasteiger partial charge >= 0.3 is 0 Å². The first-order valence-corrected chi connectivity index (χ1v) is 12.1. The Bertz CT molecular complexity index is 1040. The number of likely N-dealkylation sites (N-methyl/N-ethyl adjacent to an activating group) is 1. The quantitative estimate of drug-likeness (QED) is 0.736. The van der Waals surface area contributed by atoms with Crippen LogP contribution in [0.25, 0.3) is 0 Å². The highest BCUT2D eigenvalue weighted by Gasteiger charge is 2.44. The number of sulfonamides is 1. The Kier molecular flexibility index (Phi) is 6.16. The number of halogens is 1. The van der Waals surface area contributed by atoms with Crippen molar-refractivity contribution in [2.45, 2.75) is 24.2 Å². The van der Waals surface area contributed by atoms with Crippen molar-refractivity contribution in [3.63, 3.8) is 0 Å². The van der Waals surface area contributed by atoms with Crippen LogP contribution in [0.3, 0.4) is 0 Å². The van der Waals surface area contributed by atoms with Gasteiger partial charge in [0.1, 0.15) is 0 Å². The Morgan fingerprint density at radius 3 is 2.53 bits per heavy atom. The summed E-state index contributed by atoms with van der Waals surface area (Å²) >= 11 is 6.25. The molecule has 4 rings (SSSR count). The molecule has 30 heavy (non-hydrogen) atoms. The van der Waals surface area contributed by atoms with E-state index in [0.717, 1.165) is 31.6 Å². The summed E-state index contributed by atoms with van der Waals surface area (Å²) in [7, 11) is -3.58. The zero-order chi connectivity index (χ0) is 21.3. The lowest BCUT2D eigenvalue weighted by Gasteiger charge is -2.33. The van der Waals surface area contributed by atoms with Gasteiger partial charge in [-0.1, -0.05) is 42.8 Å². The van der Waals surface area contributed by atoms with Gasteiger partial charge in [-0.25, -0.2) is 8.42 Å². The van der Waals surface area contributed by atoms with E-state index in [1.165, 1.54) is 4.31 Å². The van der Waals surface area contributed by atoms with E-state index in [2.05, 4.69) is 17.1 Å². The largest absolute Gasteiger partial charge is 0.326 e. The molecular formula is C22H26ClN3O3S. The molecule has 6 nitrogen and oxygen atoms in total. The second kappa shape index (κ2) is 8.67. The fourth-order valence-electron chi connectivity index (χ4n) is 4.01. The van der Waals surface area contributed by atoms with Crippen LogP contribution < -0.4 is 5.32 Å². The summed E-state index contributed by atoms with van der Waals surface area (Å²) in [5.74, 6) is -0.140. The fraction of sp³-hybridized carbons (Fsp3) is 0.409. The Balaban J connectivity index is 1.43. The molecule has 8 heteroatoms. The van der Waals surface area contributed by atoms with Crippen molar-refractivity contribution in [1.82, 2.24) is 9.21 Å². The summed E-state index contributed by atoms with van der Waals surface area (Å²) in [6.45, 7) is 5.43. The van der Waals surface area contributed by atoms with Gasteiger partial charge in [-0.2, -0.15) is 4.31 Å². The summed E-state index contributed by atoms with van der Waals surface area (Å²) in [6.07, 6.45) is 0.745. The SMILES string of the molecule is CCN1CCN(S(=O)(=O)c2cccc(NC(=O)C3CC3c3ccccc3Cl)c2)CC1. The van der Waals surface area contributed by atoms with Crippen molar-refractivity contribution < 1.29 is 13.2 Å². The van der Waals surface area contributed by atoms with Gasteiger partial charge in [0.2, 0.25) is 15.9 Å². The van der Waals surface area contributed by atoms with Gasteiger partial charge in [-0.05, 0) is 48.7 Å². The summed E-state index contributed by atoms with van der Waals surface area (Å²) in [5.41, 5.74) is 1.49. The minimum absolute atomic E-state index is 0.106. The fourth-order valence-corrected chi connectivity index (χ4v) is 5.75. The number of hydrogen-bond acceptors (Lipinski definition) is 4. The number of hydrogen-bond donors (Lipinski definition) is 1. The number of nitrogens with zero attached hydrogens (tertiary/aromatic N) is 2. The maximum absolute atomic E-state index is 13.0. The number of nitrogens with one attached hydrogen (secondary N) is 1. The molecule has 0 spiro atoms. The molecule has 2 atom stereocenters. The van der Waals surface area contributed by atoms with Crippen molar-refractivity contribution in [1.29, 1.82) is 0 Å². The number of rotatable bonds is 6. The lowest BCUT2D eigenvalue weighted by molar-refractivity contribution is -0.117. The van der Waals surface area contributed by atoms with Gasteiger partial charge in [0.25, 0.3) is 0 Å². The van der Waals surface area contributed by atoms with E-state index >= 15 is 0 Å². The van der Waals surface area contributed by atoms with E-state index in [1.54, 1.807) is 24.3 Å². The monoisotopic (exact) mass is 447 g/mol. The molecule has 160 valence electrons. The molecule has 0 bridgehead atoms. The van der Waals surface area contributed by atoms with Crippen molar-refractivity contribution in [2.24, 2.45) is 5.92 Å². The van der Waals surface area contributed by atoms with E-state index in [-0.39, 0.29) is 22.6 Å². The van der Waals surface area contributed by atoms with Crippen molar-refractivity contribution in [2.75, 3.05) is 38.0 Å². The summed E-state index contributed by atoms with van der Waals surface area (Å²) in [4.78, 5) is 15.1. The lowest BCUT2D eigenvalue weighted by Crippen LogP contribution is -2.48. The molecule has 2 aromatic carbocycles. The van der Waals surface area contributed by atoms with Gasteiger partial charge in [0.15, 0.2) is 0 Å². The highest BCUT2D eigenvalue weighted by molar-refractivity contribution is 7.89. The topological polar surface area (TPSA) is 69.7 Å². The molecule has 1 amide bonds. The highest BCUT2D eigenvalue weighted by Crippen LogP contribution is 2.50.